The lowest BCUT2D eigenvalue weighted by Crippen LogP contribution is -2.28. The zero-order chi connectivity index (χ0) is 16.9. The third-order valence-corrected chi connectivity index (χ3v) is 4.15. The number of nitrogens with zero attached hydrogens (tertiary/aromatic N) is 1. The summed E-state index contributed by atoms with van der Waals surface area (Å²) < 4.78 is 5.89. The molecule has 1 heterocycles. The topological polar surface area (TPSA) is 50.7 Å². The van der Waals surface area contributed by atoms with E-state index in [9.17, 15) is 4.79 Å². The molecule has 4 heteroatoms. The summed E-state index contributed by atoms with van der Waals surface area (Å²) in [6, 6.07) is 15.9. The molecule has 0 aliphatic carbocycles. The fourth-order valence-corrected chi connectivity index (χ4v) is 2.88. The lowest BCUT2D eigenvalue weighted by atomic mass is 9.96. The lowest BCUT2D eigenvalue weighted by Gasteiger charge is -2.24. The Labute approximate surface area is 142 Å². The molecular weight excluding hydrogens is 300 g/mol. The second-order valence-electron chi connectivity index (χ2n) is 6.13. The maximum absolute atomic E-state index is 12.1. The van der Waals surface area contributed by atoms with E-state index in [0.717, 1.165) is 34.5 Å². The quantitative estimate of drug-likeness (QED) is 0.908. The number of aryl methyl sites for hydroxylation is 1. The van der Waals surface area contributed by atoms with Crippen LogP contribution >= 0.6 is 0 Å². The molecule has 1 unspecified atom stereocenters. The summed E-state index contributed by atoms with van der Waals surface area (Å²) in [6.45, 7) is 4.62. The highest BCUT2D eigenvalue weighted by Gasteiger charge is 2.23. The number of nitrogens with one attached hydrogen (secondary N) is 1. The molecule has 1 aliphatic heterocycles. The first-order valence-corrected chi connectivity index (χ1v) is 8.19. The first-order valence-electron chi connectivity index (χ1n) is 8.19. The van der Waals surface area contributed by atoms with Gasteiger partial charge in [0.1, 0.15) is 6.61 Å². The summed E-state index contributed by atoms with van der Waals surface area (Å²) >= 11 is 0. The van der Waals surface area contributed by atoms with Crippen molar-refractivity contribution in [2.75, 3.05) is 6.61 Å². The molecule has 2 aromatic carbocycles. The van der Waals surface area contributed by atoms with Gasteiger partial charge in [-0.25, -0.2) is 0 Å². The average Bonchev–Trinajstić information content (AvgIpc) is 2.59. The van der Waals surface area contributed by atoms with Crippen LogP contribution in [0.15, 0.2) is 53.5 Å². The SMILES string of the molecule is CC1=Nc2c(C)cccc2C(OCC(=O)NCc2ccccc2)C1. The van der Waals surface area contributed by atoms with E-state index in [1.165, 1.54) is 0 Å². The van der Waals surface area contributed by atoms with Gasteiger partial charge >= 0.3 is 0 Å². The minimum atomic E-state index is -0.111. The van der Waals surface area contributed by atoms with Crippen molar-refractivity contribution in [1.82, 2.24) is 5.32 Å². The van der Waals surface area contributed by atoms with E-state index in [4.69, 9.17) is 4.74 Å². The number of ether oxygens (including phenoxy) is 1. The molecule has 3 rings (SSSR count). The maximum atomic E-state index is 12.1. The van der Waals surface area contributed by atoms with E-state index in [0.29, 0.717) is 6.54 Å². The summed E-state index contributed by atoms with van der Waals surface area (Å²) in [5.74, 6) is -0.103. The fourth-order valence-electron chi connectivity index (χ4n) is 2.88. The van der Waals surface area contributed by atoms with Crippen molar-refractivity contribution in [1.29, 1.82) is 0 Å². The zero-order valence-corrected chi connectivity index (χ0v) is 14.1. The number of aliphatic imine (C=N–C) groups is 1. The van der Waals surface area contributed by atoms with E-state index in [2.05, 4.69) is 10.3 Å². The van der Waals surface area contributed by atoms with E-state index in [1.54, 1.807) is 0 Å². The van der Waals surface area contributed by atoms with Gasteiger partial charge in [-0.05, 0) is 25.0 Å². The summed E-state index contributed by atoms with van der Waals surface area (Å²) in [5.41, 5.74) is 5.29. The summed E-state index contributed by atoms with van der Waals surface area (Å²) in [4.78, 5) is 16.7. The number of hydrogen-bond acceptors (Lipinski definition) is 3. The Kier molecular flexibility index (Phi) is 5.06. The average molecular weight is 322 g/mol. The van der Waals surface area contributed by atoms with Crippen molar-refractivity contribution in [2.24, 2.45) is 4.99 Å². The molecule has 0 spiro atoms. The van der Waals surface area contributed by atoms with Crippen molar-refractivity contribution in [3.63, 3.8) is 0 Å². The first kappa shape index (κ1) is 16.4. The molecule has 0 radical (unpaired) electrons. The van der Waals surface area contributed by atoms with Crippen molar-refractivity contribution in [3.8, 4) is 0 Å². The highest BCUT2D eigenvalue weighted by atomic mass is 16.5. The minimum Gasteiger partial charge on any atom is -0.363 e. The number of amides is 1. The van der Waals surface area contributed by atoms with Crippen LogP contribution in [-0.4, -0.2) is 18.2 Å². The Bertz CT molecular complexity index is 753. The van der Waals surface area contributed by atoms with Crippen LogP contribution < -0.4 is 5.32 Å². The van der Waals surface area contributed by atoms with Crippen LogP contribution in [0, 0.1) is 6.92 Å². The molecule has 124 valence electrons. The Balaban J connectivity index is 1.58. The van der Waals surface area contributed by atoms with E-state index in [-0.39, 0.29) is 18.6 Å². The molecule has 0 fully saturated rings. The lowest BCUT2D eigenvalue weighted by molar-refractivity contribution is -0.127. The van der Waals surface area contributed by atoms with E-state index >= 15 is 0 Å². The van der Waals surface area contributed by atoms with Gasteiger partial charge in [0, 0.05) is 24.2 Å². The van der Waals surface area contributed by atoms with Crippen molar-refractivity contribution >= 4 is 17.3 Å². The minimum absolute atomic E-state index is 0.0537. The predicted molar refractivity (Wildman–Crippen MR) is 95.5 cm³/mol. The number of carbonyl (C=O) groups is 1. The van der Waals surface area contributed by atoms with Crippen LogP contribution in [0.2, 0.25) is 0 Å². The molecule has 1 amide bonds. The number of benzene rings is 2. The van der Waals surface area contributed by atoms with Crippen LogP contribution in [0.5, 0.6) is 0 Å². The normalized spacial score (nSPS) is 16.2. The number of carbonyl (C=O) groups excluding carboxylic acids is 1. The largest absolute Gasteiger partial charge is 0.363 e. The number of rotatable bonds is 5. The number of hydrogen-bond donors (Lipinski definition) is 1. The smallest absolute Gasteiger partial charge is 0.246 e. The van der Waals surface area contributed by atoms with Gasteiger partial charge in [0.05, 0.1) is 11.8 Å². The molecule has 1 N–H and O–H groups in total. The number of para-hydroxylation sites is 1. The summed E-state index contributed by atoms with van der Waals surface area (Å²) in [6.07, 6.45) is 0.613. The molecule has 1 aliphatic rings. The van der Waals surface area contributed by atoms with Crippen molar-refractivity contribution < 1.29 is 9.53 Å². The van der Waals surface area contributed by atoms with E-state index in [1.807, 2.05) is 62.4 Å². The van der Waals surface area contributed by atoms with Gasteiger partial charge in [0.15, 0.2) is 0 Å². The molecular formula is C20H22N2O2. The summed E-state index contributed by atoms with van der Waals surface area (Å²) in [5, 5.41) is 2.89. The van der Waals surface area contributed by atoms with Gasteiger partial charge in [-0.15, -0.1) is 0 Å². The van der Waals surface area contributed by atoms with E-state index < -0.39 is 0 Å². The van der Waals surface area contributed by atoms with Crippen LogP contribution in [0.1, 0.15) is 36.1 Å². The monoisotopic (exact) mass is 322 g/mol. The highest BCUT2D eigenvalue weighted by Crippen LogP contribution is 2.37. The van der Waals surface area contributed by atoms with Gasteiger partial charge in [-0.3, -0.25) is 9.79 Å². The third kappa shape index (κ3) is 3.89. The molecule has 0 aromatic heterocycles. The molecule has 24 heavy (non-hydrogen) atoms. The molecule has 2 aromatic rings. The maximum Gasteiger partial charge on any atom is 0.246 e. The van der Waals surface area contributed by atoms with Gasteiger partial charge in [0.2, 0.25) is 5.91 Å². The van der Waals surface area contributed by atoms with Gasteiger partial charge < -0.3 is 10.1 Å². The van der Waals surface area contributed by atoms with Crippen LogP contribution in [0.4, 0.5) is 5.69 Å². The Morgan fingerprint density at radius 3 is 2.75 bits per heavy atom. The second kappa shape index (κ2) is 7.41. The zero-order valence-electron chi connectivity index (χ0n) is 14.1. The van der Waals surface area contributed by atoms with Crippen LogP contribution in [-0.2, 0) is 16.1 Å². The Morgan fingerprint density at radius 1 is 1.17 bits per heavy atom. The standard InChI is InChI=1S/C20H22N2O2/c1-14-7-6-10-17-18(11-15(2)22-20(14)17)24-13-19(23)21-12-16-8-4-3-5-9-16/h3-10,18H,11-13H2,1-2H3,(H,21,23). The van der Waals surface area contributed by atoms with Gasteiger partial charge in [0.25, 0.3) is 0 Å². The highest BCUT2D eigenvalue weighted by molar-refractivity contribution is 5.88. The van der Waals surface area contributed by atoms with Crippen LogP contribution in [0.25, 0.3) is 0 Å². The first-order chi connectivity index (χ1) is 11.6. The molecule has 4 nitrogen and oxygen atoms in total. The van der Waals surface area contributed by atoms with Crippen molar-refractivity contribution in [2.45, 2.75) is 32.9 Å². The van der Waals surface area contributed by atoms with Crippen LogP contribution in [0.3, 0.4) is 0 Å². The van der Waals surface area contributed by atoms with Gasteiger partial charge in [-0.1, -0.05) is 48.5 Å². The second-order valence-corrected chi connectivity index (χ2v) is 6.13. The summed E-state index contributed by atoms with van der Waals surface area (Å²) in [7, 11) is 0. The molecule has 1 atom stereocenters. The predicted octanol–water partition coefficient (Wildman–Crippen LogP) is 3.87. The van der Waals surface area contributed by atoms with Crippen molar-refractivity contribution in [3.05, 3.63) is 65.2 Å². The Hall–Kier alpha value is -2.46. The molecule has 0 saturated heterocycles. The fraction of sp³-hybridized carbons (Fsp3) is 0.300. The Morgan fingerprint density at radius 2 is 1.96 bits per heavy atom. The van der Waals surface area contributed by atoms with Gasteiger partial charge in [-0.2, -0.15) is 0 Å². The third-order valence-electron chi connectivity index (χ3n) is 4.15. The number of fused-ring (bicyclic) bond motifs is 1. The molecule has 0 bridgehead atoms. The molecule has 0 saturated carbocycles.